The Kier molecular flexibility index (Phi) is 6.32. The van der Waals surface area contributed by atoms with Crippen molar-refractivity contribution in [1.29, 1.82) is 0 Å². The third kappa shape index (κ3) is 5.62. The summed E-state index contributed by atoms with van der Waals surface area (Å²) in [6.45, 7) is 9.30. The Morgan fingerprint density at radius 3 is 2.47 bits per heavy atom. The predicted molar refractivity (Wildman–Crippen MR) is 79.7 cm³/mol. The average Bonchev–Trinajstić information content (AvgIpc) is 2.39. The van der Waals surface area contributed by atoms with Crippen LogP contribution >= 0.6 is 0 Å². The molecule has 108 valence electrons. The summed E-state index contributed by atoms with van der Waals surface area (Å²) in [4.78, 5) is 0. The van der Waals surface area contributed by atoms with Gasteiger partial charge in [-0.15, -0.1) is 0 Å². The van der Waals surface area contributed by atoms with Crippen LogP contribution in [0.4, 0.5) is 0 Å². The predicted octanol–water partition coefficient (Wildman–Crippen LogP) is 2.90. The van der Waals surface area contributed by atoms with Gasteiger partial charge in [-0.25, -0.2) is 0 Å². The van der Waals surface area contributed by atoms with E-state index in [-0.39, 0.29) is 18.2 Å². The molecular weight excluding hydrogens is 238 g/mol. The number of benzene rings is 1. The Labute approximate surface area is 117 Å². The van der Waals surface area contributed by atoms with Crippen molar-refractivity contribution < 1.29 is 9.84 Å². The second kappa shape index (κ2) is 7.51. The van der Waals surface area contributed by atoms with Crippen molar-refractivity contribution in [3.63, 3.8) is 0 Å². The third-order valence-electron chi connectivity index (χ3n) is 3.25. The summed E-state index contributed by atoms with van der Waals surface area (Å²) in [5.41, 5.74) is 0.949. The van der Waals surface area contributed by atoms with Gasteiger partial charge in [-0.3, -0.25) is 0 Å². The van der Waals surface area contributed by atoms with Gasteiger partial charge < -0.3 is 15.2 Å². The normalized spacial score (nSPS) is 15.8. The van der Waals surface area contributed by atoms with Crippen LogP contribution in [0, 0.1) is 6.92 Å². The van der Waals surface area contributed by atoms with Gasteiger partial charge in [-0.1, -0.05) is 24.6 Å². The molecule has 0 bridgehead atoms. The highest BCUT2D eigenvalue weighted by Gasteiger charge is 2.25. The molecule has 0 aliphatic heterocycles. The molecule has 1 rings (SSSR count). The zero-order valence-electron chi connectivity index (χ0n) is 12.6. The Balaban J connectivity index is 2.52. The third-order valence-corrected chi connectivity index (χ3v) is 3.25. The molecule has 0 aliphatic rings. The zero-order chi connectivity index (χ0) is 14.3. The molecule has 3 nitrogen and oxygen atoms in total. The fourth-order valence-electron chi connectivity index (χ4n) is 2.14. The van der Waals surface area contributed by atoms with Crippen LogP contribution in [0.15, 0.2) is 24.3 Å². The lowest BCUT2D eigenvalue weighted by Crippen LogP contribution is -2.48. The molecule has 1 aromatic rings. The van der Waals surface area contributed by atoms with Crippen LogP contribution in [0.2, 0.25) is 0 Å². The lowest BCUT2D eigenvalue weighted by molar-refractivity contribution is 0.110. The van der Waals surface area contributed by atoms with E-state index >= 15 is 0 Å². The van der Waals surface area contributed by atoms with Crippen molar-refractivity contribution in [2.45, 2.75) is 52.2 Å². The van der Waals surface area contributed by atoms with E-state index in [1.165, 1.54) is 5.56 Å². The molecule has 0 aromatic heterocycles. The SMILES string of the molecule is CCCNC(C)(CO)CC(C)Oc1ccc(C)cc1. The summed E-state index contributed by atoms with van der Waals surface area (Å²) in [6, 6.07) is 8.06. The molecule has 0 spiro atoms. The van der Waals surface area contributed by atoms with E-state index in [1.807, 2.05) is 38.1 Å². The van der Waals surface area contributed by atoms with Crippen LogP contribution in [-0.2, 0) is 0 Å². The molecule has 0 saturated carbocycles. The largest absolute Gasteiger partial charge is 0.491 e. The standard InChI is InChI=1S/C16H27NO2/c1-5-10-17-16(4,12-18)11-14(3)19-15-8-6-13(2)7-9-15/h6-9,14,17-18H,5,10-12H2,1-4H3. The Morgan fingerprint density at radius 1 is 1.32 bits per heavy atom. The van der Waals surface area contributed by atoms with Crippen LogP contribution in [0.5, 0.6) is 5.75 Å². The van der Waals surface area contributed by atoms with Gasteiger partial charge in [0, 0.05) is 12.0 Å². The van der Waals surface area contributed by atoms with Crippen LogP contribution in [0.3, 0.4) is 0 Å². The summed E-state index contributed by atoms with van der Waals surface area (Å²) >= 11 is 0. The minimum absolute atomic E-state index is 0.0595. The van der Waals surface area contributed by atoms with Crippen molar-refractivity contribution in [1.82, 2.24) is 5.32 Å². The van der Waals surface area contributed by atoms with Crippen molar-refractivity contribution >= 4 is 0 Å². The number of rotatable bonds is 8. The topological polar surface area (TPSA) is 41.5 Å². The van der Waals surface area contributed by atoms with E-state index in [4.69, 9.17) is 4.74 Å². The van der Waals surface area contributed by atoms with Crippen LogP contribution in [0.25, 0.3) is 0 Å². The van der Waals surface area contributed by atoms with Crippen molar-refractivity contribution in [2.24, 2.45) is 0 Å². The molecule has 19 heavy (non-hydrogen) atoms. The molecule has 3 heteroatoms. The fourth-order valence-corrected chi connectivity index (χ4v) is 2.14. The number of ether oxygens (including phenoxy) is 1. The molecule has 2 atom stereocenters. The first-order chi connectivity index (χ1) is 8.99. The van der Waals surface area contributed by atoms with Crippen LogP contribution in [0.1, 0.15) is 39.2 Å². The number of hydrogen-bond acceptors (Lipinski definition) is 3. The molecule has 0 aliphatic carbocycles. The smallest absolute Gasteiger partial charge is 0.119 e. The van der Waals surface area contributed by atoms with E-state index in [0.717, 1.165) is 25.1 Å². The fraction of sp³-hybridized carbons (Fsp3) is 0.625. The van der Waals surface area contributed by atoms with Gasteiger partial charge in [-0.2, -0.15) is 0 Å². The van der Waals surface area contributed by atoms with Gasteiger partial charge in [0.05, 0.1) is 12.7 Å². The minimum atomic E-state index is -0.278. The number of aliphatic hydroxyl groups excluding tert-OH is 1. The highest BCUT2D eigenvalue weighted by atomic mass is 16.5. The van der Waals surface area contributed by atoms with Gasteiger partial charge in [0.25, 0.3) is 0 Å². The summed E-state index contributed by atoms with van der Waals surface area (Å²) in [6.07, 6.45) is 1.89. The van der Waals surface area contributed by atoms with E-state index in [0.29, 0.717) is 0 Å². The summed E-state index contributed by atoms with van der Waals surface area (Å²) in [7, 11) is 0. The van der Waals surface area contributed by atoms with E-state index in [9.17, 15) is 5.11 Å². The molecule has 2 unspecified atom stereocenters. The number of hydrogen-bond donors (Lipinski definition) is 2. The van der Waals surface area contributed by atoms with Gasteiger partial charge in [0.2, 0.25) is 0 Å². The maximum Gasteiger partial charge on any atom is 0.119 e. The molecule has 0 amide bonds. The number of aryl methyl sites for hydroxylation is 1. The minimum Gasteiger partial charge on any atom is -0.491 e. The molecule has 1 aromatic carbocycles. The van der Waals surface area contributed by atoms with E-state index in [2.05, 4.69) is 19.2 Å². The van der Waals surface area contributed by atoms with Crippen molar-refractivity contribution in [2.75, 3.05) is 13.2 Å². The summed E-state index contributed by atoms with van der Waals surface area (Å²) in [5, 5.41) is 12.9. The van der Waals surface area contributed by atoms with Crippen molar-refractivity contribution in [3.8, 4) is 5.75 Å². The van der Waals surface area contributed by atoms with Gasteiger partial charge >= 0.3 is 0 Å². The lowest BCUT2D eigenvalue weighted by Gasteiger charge is -2.31. The molecule has 0 saturated heterocycles. The Bertz CT molecular complexity index is 364. The highest BCUT2D eigenvalue weighted by Crippen LogP contribution is 2.18. The van der Waals surface area contributed by atoms with Gasteiger partial charge in [0.15, 0.2) is 0 Å². The quantitative estimate of drug-likeness (QED) is 0.759. The average molecular weight is 265 g/mol. The Morgan fingerprint density at radius 2 is 1.95 bits per heavy atom. The Hall–Kier alpha value is -1.06. The lowest BCUT2D eigenvalue weighted by atomic mass is 9.95. The van der Waals surface area contributed by atoms with E-state index in [1.54, 1.807) is 0 Å². The second-order valence-corrected chi connectivity index (χ2v) is 5.59. The first-order valence-corrected chi connectivity index (χ1v) is 7.08. The maximum absolute atomic E-state index is 9.55. The summed E-state index contributed by atoms with van der Waals surface area (Å²) < 4.78 is 5.90. The number of nitrogens with one attached hydrogen (secondary N) is 1. The maximum atomic E-state index is 9.55. The van der Waals surface area contributed by atoms with Crippen LogP contribution < -0.4 is 10.1 Å². The zero-order valence-corrected chi connectivity index (χ0v) is 12.6. The molecule has 0 radical (unpaired) electrons. The van der Waals surface area contributed by atoms with Gasteiger partial charge in [-0.05, 0) is 45.9 Å². The highest BCUT2D eigenvalue weighted by molar-refractivity contribution is 5.26. The molecule has 0 heterocycles. The first-order valence-electron chi connectivity index (χ1n) is 7.08. The van der Waals surface area contributed by atoms with E-state index < -0.39 is 0 Å². The second-order valence-electron chi connectivity index (χ2n) is 5.59. The molecule has 0 fully saturated rings. The van der Waals surface area contributed by atoms with Crippen molar-refractivity contribution in [3.05, 3.63) is 29.8 Å². The van der Waals surface area contributed by atoms with Gasteiger partial charge in [0.1, 0.15) is 5.75 Å². The molecule has 2 N–H and O–H groups in total. The molecular formula is C16H27NO2. The monoisotopic (exact) mass is 265 g/mol. The first kappa shape index (κ1) is 16.0. The summed E-state index contributed by atoms with van der Waals surface area (Å²) in [5.74, 6) is 0.883. The van der Waals surface area contributed by atoms with Crippen LogP contribution in [-0.4, -0.2) is 29.9 Å². The number of aliphatic hydroxyl groups is 1.